The lowest BCUT2D eigenvalue weighted by Gasteiger charge is -2.63. The zero-order valence-corrected chi connectivity index (χ0v) is 20.0. The molecule has 9 heteroatoms. The van der Waals surface area contributed by atoms with Crippen molar-refractivity contribution in [1.29, 1.82) is 0 Å². The van der Waals surface area contributed by atoms with Gasteiger partial charge in [0.1, 0.15) is 6.17 Å². The number of fused-ring (bicyclic) bond motifs is 5. The van der Waals surface area contributed by atoms with Crippen molar-refractivity contribution in [2.45, 2.75) is 76.9 Å². The fourth-order valence-corrected chi connectivity index (χ4v) is 8.01. The van der Waals surface area contributed by atoms with Crippen LogP contribution >= 0.6 is 12.2 Å². The van der Waals surface area contributed by atoms with E-state index < -0.39 is 63.9 Å². The van der Waals surface area contributed by atoms with E-state index >= 15 is 8.78 Å². The number of hydrogen-bond donors (Lipinski definition) is 2. The van der Waals surface area contributed by atoms with Gasteiger partial charge in [0.05, 0.1) is 6.10 Å². The second kappa shape index (κ2) is 7.65. The molecule has 0 amide bonds. The van der Waals surface area contributed by atoms with Crippen LogP contribution in [0, 0.1) is 28.6 Å². The summed E-state index contributed by atoms with van der Waals surface area (Å²) >= 11 is 5.32. The molecule has 0 bridgehead atoms. The number of ketones is 1. The van der Waals surface area contributed by atoms with Crippen molar-refractivity contribution >= 4 is 29.0 Å². The van der Waals surface area contributed by atoms with Crippen LogP contribution in [-0.2, 0) is 19.2 Å². The van der Waals surface area contributed by atoms with Gasteiger partial charge in [-0.15, -0.1) is 0 Å². The Morgan fingerprint density at radius 2 is 1.97 bits per heavy atom. The van der Waals surface area contributed by atoms with Crippen LogP contribution in [0.4, 0.5) is 8.78 Å². The highest BCUT2D eigenvalue weighted by atomic mass is 32.1. The number of aliphatic hydroxyl groups excluding tert-OH is 1. The number of esters is 1. The molecule has 4 aliphatic carbocycles. The second-order valence-electron chi connectivity index (χ2n) is 10.4. The molecule has 0 aromatic heterocycles. The van der Waals surface area contributed by atoms with Crippen molar-refractivity contribution < 1.29 is 38.4 Å². The van der Waals surface area contributed by atoms with E-state index in [0.29, 0.717) is 6.42 Å². The van der Waals surface area contributed by atoms with Gasteiger partial charge in [0.25, 0.3) is 0 Å². The van der Waals surface area contributed by atoms with E-state index in [1.165, 1.54) is 19.1 Å². The minimum atomic E-state index is -2.25. The monoisotopic (exact) mass is 484 g/mol. The van der Waals surface area contributed by atoms with E-state index in [0.717, 1.165) is 6.08 Å². The van der Waals surface area contributed by atoms with Crippen LogP contribution in [0.3, 0.4) is 0 Å². The Morgan fingerprint density at radius 1 is 1.30 bits per heavy atom. The average Bonchev–Trinajstić information content (AvgIpc) is 2.98. The number of ether oxygens (including phenoxy) is 1. The van der Waals surface area contributed by atoms with Crippen LogP contribution in [0.2, 0.25) is 0 Å². The highest BCUT2D eigenvalue weighted by Gasteiger charge is 2.78. The fourth-order valence-electron chi connectivity index (χ4n) is 7.54. The molecule has 9 atom stereocenters. The van der Waals surface area contributed by atoms with Crippen LogP contribution < -0.4 is 0 Å². The molecule has 0 radical (unpaired) electrons. The number of halogens is 2. The first-order valence-electron chi connectivity index (χ1n) is 11.4. The Bertz CT molecular complexity index is 967. The predicted molar refractivity (Wildman–Crippen MR) is 119 cm³/mol. The third-order valence-corrected chi connectivity index (χ3v) is 9.50. The standard InChI is InChI=1S/C24H30F2O6S/c1-5-19(29)31-24(20(33)32-30)12(2)8-14-15-10-17(25)16-9-13(27)6-7-21(16,3)23(15,26)18(28)11-22(14,24)4/h6-7,9,12,14-15,17-18,28,30H,5,8,10-11H2,1-4H3/t12-,14+,15+,17+,18+,21+,22+,23+,24+/m1/s1. The number of allylic oxidation sites excluding steroid dienone is 4. The maximum Gasteiger partial charge on any atom is 0.306 e. The molecule has 3 saturated carbocycles. The summed E-state index contributed by atoms with van der Waals surface area (Å²) in [6.45, 7) is 6.64. The minimum absolute atomic E-state index is 0.0416. The smallest absolute Gasteiger partial charge is 0.306 e. The van der Waals surface area contributed by atoms with Crippen molar-refractivity contribution in [2.24, 2.45) is 28.6 Å². The van der Waals surface area contributed by atoms with Crippen molar-refractivity contribution in [3.05, 3.63) is 23.8 Å². The second-order valence-corrected chi connectivity index (χ2v) is 10.8. The lowest BCUT2D eigenvalue weighted by atomic mass is 9.44. The predicted octanol–water partition coefficient (Wildman–Crippen LogP) is 4.06. The topological polar surface area (TPSA) is 93.1 Å². The summed E-state index contributed by atoms with van der Waals surface area (Å²) in [6, 6.07) is 0. The molecule has 4 aliphatic rings. The molecule has 6 nitrogen and oxygen atoms in total. The van der Waals surface area contributed by atoms with E-state index in [1.807, 2.05) is 0 Å². The van der Waals surface area contributed by atoms with Crippen LogP contribution in [0.25, 0.3) is 0 Å². The molecular formula is C24H30F2O6S. The summed E-state index contributed by atoms with van der Waals surface area (Å²) in [7, 11) is 0. The van der Waals surface area contributed by atoms with Crippen LogP contribution in [0.5, 0.6) is 0 Å². The lowest BCUT2D eigenvalue weighted by Crippen LogP contribution is -2.70. The number of hydrogen-bond acceptors (Lipinski definition) is 7. The SMILES string of the molecule is CCC(=O)O[C@]1(C(=S)OO)[C@H](C)C[C@H]2[C@@H]3C[C@H](F)C4=CC(=O)C=C[C@]4(C)[C@@]3(F)[C@@H](O)C[C@@]21C. The molecule has 182 valence electrons. The third-order valence-electron chi connectivity index (χ3n) is 9.12. The molecule has 4 rings (SSSR count). The van der Waals surface area contributed by atoms with Gasteiger partial charge in [-0.25, -0.2) is 14.0 Å². The summed E-state index contributed by atoms with van der Waals surface area (Å²) in [6.07, 6.45) is 0.571. The van der Waals surface area contributed by atoms with Gasteiger partial charge in [-0.1, -0.05) is 26.8 Å². The Hall–Kier alpha value is -1.71. The van der Waals surface area contributed by atoms with Crippen molar-refractivity contribution in [3.63, 3.8) is 0 Å². The van der Waals surface area contributed by atoms with Gasteiger partial charge in [0, 0.05) is 29.1 Å². The van der Waals surface area contributed by atoms with Gasteiger partial charge in [-0.3, -0.25) is 9.59 Å². The molecule has 33 heavy (non-hydrogen) atoms. The molecule has 3 fully saturated rings. The summed E-state index contributed by atoms with van der Waals surface area (Å²) in [5, 5.41) is 20.5. The normalized spacial score (nSPS) is 48.3. The Balaban J connectivity index is 1.88. The lowest BCUT2D eigenvalue weighted by molar-refractivity contribution is -0.232. The molecule has 0 saturated heterocycles. The first-order chi connectivity index (χ1) is 15.3. The van der Waals surface area contributed by atoms with Gasteiger partial charge in [0.2, 0.25) is 5.05 Å². The number of carbonyl (C=O) groups excluding carboxylic acids is 2. The molecule has 0 aromatic rings. The molecule has 0 spiro atoms. The Kier molecular flexibility index (Phi) is 5.66. The van der Waals surface area contributed by atoms with E-state index in [4.69, 9.17) is 17.0 Å². The maximum absolute atomic E-state index is 17.2. The van der Waals surface area contributed by atoms with E-state index in [-0.39, 0.29) is 29.9 Å². The number of thiocarbonyl (C=S) groups is 1. The van der Waals surface area contributed by atoms with Crippen molar-refractivity contribution in [1.82, 2.24) is 0 Å². The first kappa shape index (κ1) is 24.4. The van der Waals surface area contributed by atoms with Gasteiger partial charge in [-0.05, 0) is 62.0 Å². The fraction of sp³-hybridized carbons (Fsp3) is 0.708. The number of aliphatic hydroxyl groups is 1. The molecule has 0 unspecified atom stereocenters. The maximum atomic E-state index is 17.2. The Labute approximate surface area is 196 Å². The van der Waals surface area contributed by atoms with E-state index in [9.17, 15) is 20.0 Å². The van der Waals surface area contributed by atoms with E-state index in [1.54, 1.807) is 20.8 Å². The van der Waals surface area contributed by atoms with Gasteiger partial charge < -0.3 is 14.7 Å². The van der Waals surface area contributed by atoms with Gasteiger partial charge in [-0.2, -0.15) is 0 Å². The van der Waals surface area contributed by atoms with Gasteiger partial charge in [0.15, 0.2) is 17.1 Å². The average molecular weight is 485 g/mol. The number of carbonyl (C=O) groups is 2. The minimum Gasteiger partial charge on any atom is -0.449 e. The number of alkyl halides is 2. The Morgan fingerprint density at radius 3 is 2.58 bits per heavy atom. The largest absolute Gasteiger partial charge is 0.449 e. The summed E-state index contributed by atoms with van der Waals surface area (Å²) in [5.41, 5.74) is -6.44. The third kappa shape index (κ3) is 2.85. The first-order valence-corrected chi connectivity index (χ1v) is 11.8. The summed E-state index contributed by atoms with van der Waals surface area (Å²) in [5.74, 6) is -2.96. The van der Waals surface area contributed by atoms with Crippen molar-refractivity contribution in [3.8, 4) is 0 Å². The molecular weight excluding hydrogens is 454 g/mol. The molecule has 0 aliphatic heterocycles. The van der Waals surface area contributed by atoms with Crippen LogP contribution in [0.1, 0.15) is 53.4 Å². The van der Waals surface area contributed by atoms with Crippen LogP contribution in [-0.4, -0.2) is 50.7 Å². The van der Waals surface area contributed by atoms with Crippen molar-refractivity contribution in [2.75, 3.05) is 0 Å². The number of rotatable bonds is 3. The quantitative estimate of drug-likeness (QED) is 0.270. The molecule has 0 heterocycles. The highest BCUT2D eigenvalue weighted by Crippen LogP contribution is 2.71. The van der Waals surface area contributed by atoms with Crippen LogP contribution in [0.15, 0.2) is 23.8 Å². The molecule has 0 aromatic carbocycles. The van der Waals surface area contributed by atoms with E-state index in [2.05, 4.69) is 4.89 Å². The highest BCUT2D eigenvalue weighted by molar-refractivity contribution is 7.80. The molecule has 2 N–H and O–H groups in total. The summed E-state index contributed by atoms with van der Waals surface area (Å²) in [4.78, 5) is 28.8. The van der Waals surface area contributed by atoms with Gasteiger partial charge >= 0.3 is 5.97 Å². The zero-order chi connectivity index (χ0) is 24.6. The summed E-state index contributed by atoms with van der Waals surface area (Å²) < 4.78 is 38.5. The zero-order valence-electron chi connectivity index (χ0n) is 19.1.